The van der Waals surface area contributed by atoms with Crippen LogP contribution in [-0.4, -0.2) is 49.6 Å². The van der Waals surface area contributed by atoms with Gasteiger partial charge in [0.1, 0.15) is 24.5 Å². The van der Waals surface area contributed by atoms with Crippen molar-refractivity contribution in [3.05, 3.63) is 70.8 Å². The maximum Gasteiger partial charge on any atom is 0.331 e. The van der Waals surface area contributed by atoms with Crippen LogP contribution in [0.4, 0.5) is 11.4 Å². The largest absolute Gasteiger partial charge is 0.456 e. The van der Waals surface area contributed by atoms with Gasteiger partial charge in [0.05, 0.1) is 0 Å². The zero-order valence-electron chi connectivity index (χ0n) is 21.4. The standard InChI is InChI=1S/C28H36N4O4/c1-17-5-7-21-11-13-31(23(21)15-17)27(29)19(3)35-25(33)9-10-26(34)36-20(4)28(30)32-14-12-22-8-6-18(2)16-24(22)32/h5-10,15-16,19-20,27-28H,11-14,29-30H2,1-4H3/b10-9+/t19?,20?,27-,28-/m0/s1. The number of fused-ring (bicyclic) bond motifs is 2. The maximum absolute atomic E-state index is 12.4. The van der Waals surface area contributed by atoms with Gasteiger partial charge in [0.25, 0.3) is 0 Å². The number of nitrogens with zero attached hydrogens (tertiary/aromatic N) is 2. The Kier molecular flexibility index (Phi) is 7.66. The Labute approximate surface area is 212 Å². The normalized spacial score (nSPS) is 17.9. The molecule has 2 aliphatic heterocycles. The molecule has 0 saturated carbocycles. The lowest BCUT2D eigenvalue weighted by Crippen LogP contribution is -2.50. The predicted molar refractivity (Wildman–Crippen MR) is 141 cm³/mol. The molecule has 4 atom stereocenters. The van der Waals surface area contributed by atoms with Crippen molar-refractivity contribution in [1.29, 1.82) is 0 Å². The number of carbonyl (C=O) groups excluding carboxylic acids is 2. The third-order valence-electron chi connectivity index (χ3n) is 6.99. The summed E-state index contributed by atoms with van der Waals surface area (Å²) < 4.78 is 10.9. The van der Waals surface area contributed by atoms with Crippen LogP contribution in [0.5, 0.6) is 0 Å². The molecule has 0 aromatic heterocycles. The van der Waals surface area contributed by atoms with E-state index in [0.29, 0.717) is 0 Å². The van der Waals surface area contributed by atoms with E-state index in [0.717, 1.165) is 60.6 Å². The monoisotopic (exact) mass is 492 g/mol. The van der Waals surface area contributed by atoms with Gasteiger partial charge in [-0.1, -0.05) is 24.3 Å². The molecule has 0 amide bonds. The summed E-state index contributed by atoms with van der Waals surface area (Å²) in [5.74, 6) is -1.31. The Morgan fingerprint density at radius 2 is 1.17 bits per heavy atom. The van der Waals surface area contributed by atoms with Crippen LogP contribution in [0.2, 0.25) is 0 Å². The molecule has 2 aromatic rings. The van der Waals surface area contributed by atoms with Crippen molar-refractivity contribution in [3.8, 4) is 0 Å². The summed E-state index contributed by atoms with van der Waals surface area (Å²) in [5.41, 5.74) is 19.7. The number of nitrogens with two attached hydrogens (primary N) is 2. The number of esters is 2. The molecule has 2 aromatic carbocycles. The van der Waals surface area contributed by atoms with E-state index in [4.69, 9.17) is 20.9 Å². The first kappa shape index (κ1) is 25.7. The highest BCUT2D eigenvalue weighted by molar-refractivity contribution is 5.91. The number of ether oxygens (including phenoxy) is 2. The van der Waals surface area contributed by atoms with E-state index in [1.807, 2.05) is 13.8 Å². The molecule has 0 saturated heterocycles. The van der Waals surface area contributed by atoms with Gasteiger partial charge in [-0.2, -0.15) is 0 Å². The average Bonchev–Trinajstić information content (AvgIpc) is 3.45. The first-order valence-electron chi connectivity index (χ1n) is 12.5. The molecule has 0 aliphatic carbocycles. The van der Waals surface area contributed by atoms with Crippen molar-refractivity contribution in [3.63, 3.8) is 0 Å². The lowest BCUT2D eigenvalue weighted by atomic mass is 10.1. The number of aryl methyl sites for hydroxylation is 2. The Morgan fingerprint density at radius 1 is 0.778 bits per heavy atom. The minimum Gasteiger partial charge on any atom is -0.456 e. The summed E-state index contributed by atoms with van der Waals surface area (Å²) in [6, 6.07) is 12.6. The zero-order chi connectivity index (χ0) is 26.0. The molecule has 8 nitrogen and oxygen atoms in total. The van der Waals surface area contributed by atoms with Crippen LogP contribution < -0.4 is 21.3 Å². The molecule has 36 heavy (non-hydrogen) atoms. The summed E-state index contributed by atoms with van der Waals surface area (Å²) in [5, 5.41) is 0. The van der Waals surface area contributed by atoms with Gasteiger partial charge in [-0.25, -0.2) is 9.59 Å². The lowest BCUT2D eigenvalue weighted by Gasteiger charge is -2.31. The molecular weight excluding hydrogens is 456 g/mol. The topological polar surface area (TPSA) is 111 Å². The van der Waals surface area contributed by atoms with Crippen molar-refractivity contribution in [1.82, 2.24) is 0 Å². The van der Waals surface area contributed by atoms with Crippen LogP contribution in [0, 0.1) is 13.8 Å². The van der Waals surface area contributed by atoms with Crippen molar-refractivity contribution >= 4 is 23.3 Å². The van der Waals surface area contributed by atoms with Gasteiger partial charge < -0.3 is 30.7 Å². The molecule has 2 unspecified atom stereocenters. The molecule has 0 spiro atoms. The highest BCUT2D eigenvalue weighted by Crippen LogP contribution is 2.31. The van der Waals surface area contributed by atoms with Crippen LogP contribution in [0.15, 0.2) is 48.6 Å². The van der Waals surface area contributed by atoms with E-state index in [1.165, 1.54) is 11.1 Å². The molecule has 4 N–H and O–H groups in total. The van der Waals surface area contributed by atoms with Crippen molar-refractivity contribution in [2.75, 3.05) is 22.9 Å². The van der Waals surface area contributed by atoms with E-state index in [-0.39, 0.29) is 0 Å². The Hall–Kier alpha value is -3.36. The van der Waals surface area contributed by atoms with Gasteiger partial charge in [0.15, 0.2) is 0 Å². The quantitative estimate of drug-likeness (QED) is 0.428. The Bertz CT molecular complexity index is 1070. The number of benzene rings is 2. The van der Waals surface area contributed by atoms with Gasteiger partial charge in [0.2, 0.25) is 0 Å². The van der Waals surface area contributed by atoms with E-state index >= 15 is 0 Å². The first-order valence-corrected chi connectivity index (χ1v) is 12.5. The third-order valence-corrected chi connectivity index (χ3v) is 6.99. The van der Waals surface area contributed by atoms with Crippen molar-refractivity contribution < 1.29 is 19.1 Å². The summed E-state index contributed by atoms with van der Waals surface area (Å²) in [4.78, 5) is 28.8. The van der Waals surface area contributed by atoms with Gasteiger partial charge in [-0.3, -0.25) is 0 Å². The smallest absolute Gasteiger partial charge is 0.331 e. The van der Waals surface area contributed by atoms with Crippen LogP contribution in [-0.2, 0) is 31.9 Å². The van der Waals surface area contributed by atoms with Gasteiger partial charge in [0, 0.05) is 36.6 Å². The number of hydrogen-bond donors (Lipinski definition) is 2. The summed E-state index contributed by atoms with van der Waals surface area (Å²) in [7, 11) is 0. The van der Waals surface area contributed by atoms with Crippen LogP contribution in [0.1, 0.15) is 36.1 Å². The first-order chi connectivity index (χ1) is 17.1. The Balaban J connectivity index is 1.28. The molecule has 0 radical (unpaired) electrons. The maximum atomic E-state index is 12.4. The fraction of sp³-hybridized carbons (Fsp3) is 0.429. The summed E-state index contributed by atoms with van der Waals surface area (Å²) >= 11 is 0. The molecule has 2 heterocycles. The lowest BCUT2D eigenvalue weighted by molar-refractivity contribution is -0.146. The van der Waals surface area contributed by atoms with E-state index in [2.05, 4.69) is 46.2 Å². The van der Waals surface area contributed by atoms with Crippen molar-refractivity contribution in [2.24, 2.45) is 11.5 Å². The minimum absolute atomic E-state index is 0.498. The highest BCUT2D eigenvalue weighted by atomic mass is 16.6. The number of rotatable bonds is 8. The second kappa shape index (κ2) is 10.7. The number of hydrogen-bond acceptors (Lipinski definition) is 8. The summed E-state index contributed by atoms with van der Waals surface area (Å²) in [6.45, 7) is 9.10. The molecule has 192 valence electrons. The fourth-order valence-corrected chi connectivity index (χ4v) is 4.87. The van der Waals surface area contributed by atoms with Crippen LogP contribution >= 0.6 is 0 Å². The third kappa shape index (κ3) is 5.55. The van der Waals surface area contributed by atoms with Gasteiger partial charge in [-0.15, -0.1) is 0 Å². The molecule has 8 heteroatoms. The van der Waals surface area contributed by atoms with E-state index in [1.54, 1.807) is 13.8 Å². The molecule has 0 fully saturated rings. The number of anilines is 2. The van der Waals surface area contributed by atoms with Crippen LogP contribution in [0.25, 0.3) is 0 Å². The number of carbonyl (C=O) groups is 2. The predicted octanol–water partition coefficient (Wildman–Crippen LogP) is 2.72. The minimum atomic E-state index is -0.653. The molecule has 4 rings (SSSR count). The fourth-order valence-electron chi connectivity index (χ4n) is 4.87. The SMILES string of the molecule is Cc1ccc2c(c1)N([C@H](N)C(C)OC(=O)/C=C/C(=O)OC(C)[C@@H](N)N1CCc3ccc(C)cc31)CC2. The highest BCUT2D eigenvalue weighted by Gasteiger charge is 2.30. The second-order valence-corrected chi connectivity index (χ2v) is 9.75. The van der Waals surface area contributed by atoms with E-state index in [9.17, 15) is 9.59 Å². The molecule has 0 bridgehead atoms. The van der Waals surface area contributed by atoms with Gasteiger partial charge >= 0.3 is 11.9 Å². The van der Waals surface area contributed by atoms with Crippen molar-refractivity contribution in [2.45, 2.75) is 65.1 Å². The van der Waals surface area contributed by atoms with E-state index < -0.39 is 36.5 Å². The second-order valence-electron chi connectivity index (χ2n) is 9.75. The molecular formula is C28H36N4O4. The van der Waals surface area contributed by atoms with Crippen LogP contribution in [0.3, 0.4) is 0 Å². The Morgan fingerprint density at radius 3 is 1.56 bits per heavy atom. The summed E-state index contributed by atoms with van der Waals surface area (Å²) in [6.07, 6.45) is 1.80. The zero-order valence-corrected chi connectivity index (χ0v) is 21.4. The average molecular weight is 493 g/mol. The van der Waals surface area contributed by atoms with Gasteiger partial charge in [-0.05, 0) is 74.9 Å². The molecule has 2 aliphatic rings.